The molecule has 8 nitrogen and oxygen atoms in total. The molecule has 0 bridgehead atoms. The van der Waals surface area contributed by atoms with E-state index in [1.807, 2.05) is 0 Å². The monoisotopic (exact) mass is 323 g/mol. The first-order valence-electron chi connectivity index (χ1n) is 5.28. The molecule has 1 rings (SSSR count). The van der Waals surface area contributed by atoms with Crippen LogP contribution in [0.25, 0.3) is 0 Å². The van der Waals surface area contributed by atoms with Crippen LogP contribution in [-0.2, 0) is 25.0 Å². The Morgan fingerprint density at radius 1 is 1.15 bits per heavy atom. The second-order valence-electron chi connectivity index (χ2n) is 4.06. The maximum absolute atomic E-state index is 11.2. The summed E-state index contributed by atoms with van der Waals surface area (Å²) in [6.45, 7) is 1.28. The van der Waals surface area contributed by atoms with E-state index in [9.17, 15) is 21.6 Å². The lowest BCUT2D eigenvalue weighted by molar-refractivity contribution is -0.114. The molecule has 0 heterocycles. The molecular weight excluding hydrogens is 310 g/mol. The zero-order valence-electron chi connectivity index (χ0n) is 10.3. The number of hydrogen-bond donors (Lipinski definition) is 3. The average Bonchev–Trinajstić information content (AvgIpc) is 2.24. The highest BCUT2D eigenvalue weighted by atomic mass is 32.2. The maximum atomic E-state index is 11.2. The predicted octanol–water partition coefficient (Wildman–Crippen LogP) is 0.462. The number of anilines is 1. The summed E-state index contributed by atoms with van der Waals surface area (Å²) in [5, 5.41) is 0.637. The zero-order chi connectivity index (χ0) is 15.6. The van der Waals surface area contributed by atoms with E-state index in [4.69, 9.17) is 9.11 Å². The molecule has 0 aliphatic carbocycles. The van der Waals surface area contributed by atoms with Crippen molar-refractivity contribution in [3.05, 3.63) is 29.8 Å². The van der Waals surface area contributed by atoms with Gasteiger partial charge in [0, 0.05) is 12.6 Å². The van der Waals surface area contributed by atoms with Crippen molar-refractivity contribution in [1.29, 1.82) is 0 Å². The van der Waals surface area contributed by atoms with Gasteiger partial charge in [0.2, 0.25) is 5.91 Å². The van der Waals surface area contributed by atoms with Gasteiger partial charge >= 0.3 is 0 Å². The van der Waals surface area contributed by atoms with Gasteiger partial charge in [-0.2, -0.15) is 16.8 Å². The van der Waals surface area contributed by atoms with Crippen molar-refractivity contribution in [3.63, 3.8) is 0 Å². The minimum Gasteiger partial charge on any atom is -0.326 e. The summed E-state index contributed by atoms with van der Waals surface area (Å²) in [5.74, 6) is -1.49. The molecule has 0 saturated carbocycles. The number of benzene rings is 1. The van der Waals surface area contributed by atoms with Gasteiger partial charge in [0.05, 0.1) is 5.75 Å². The highest BCUT2D eigenvalue weighted by Gasteiger charge is 2.30. The smallest absolute Gasteiger partial charge is 0.273 e. The summed E-state index contributed by atoms with van der Waals surface area (Å²) in [6.07, 6.45) is 0. The lowest BCUT2D eigenvalue weighted by Crippen LogP contribution is -2.21. The molecule has 0 spiro atoms. The van der Waals surface area contributed by atoms with Crippen molar-refractivity contribution in [3.8, 4) is 0 Å². The lowest BCUT2D eigenvalue weighted by Gasteiger charge is -2.13. The van der Waals surface area contributed by atoms with E-state index in [0.29, 0.717) is 5.69 Å². The summed E-state index contributed by atoms with van der Waals surface area (Å²) in [5.41, 5.74) is 0.349. The molecule has 10 heteroatoms. The first-order chi connectivity index (χ1) is 8.99. The van der Waals surface area contributed by atoms with E-state index >= 15 is 0 Å². The molecule has 20 heavy (non-hydrogen) atoms. The Morgan fingerprint density at radius 2 is 1.65 bits per heavy atom. The topological polar surface area (TPSA) is 138 Å². The van der Waals surface area contributed by atoms with Crippen molar-refractivity contribution in [2.75, 3.05) is 11.1 Å². The predicted molar refractivity (Wildman–Crippen MR) is 71.5 cm³/mol. The van der Waals surface area contributed by atoms with E-state index in [-0.39, 0.29) is 11.5 Å². The number of rotatable bonds is 5. The first-order valence-corrected chi connectivity index (χ1v) is 8.39. The van der Waals surface area contributed by atoms with Crippen LogP contribution < -0.4 is 5.32 Å². The van der Waals surface area contributed by atoms with E-state index in [0.717, 1.165) is 0 Å². The molecule has 1 unspecified atom stereocenters. The fourth-order valence-corrected chi connectivity index (χ4v) is 3.81. The molecule has 0 fully saturated rings. The van der Waals surface area contributed by atoms with Gasteiger partial charge in [-0.25, -0.2) is 0 Å². The molecule has 0 aliphatic rings. The van der Waals surface area contributed by atoms with Crippen molar-refractivity contribution >= 4 is 31.8 Å². The number of amides is 1. The van der Waals surface area contributed by atoms with Gasteiger partial charge in [-0.05, 0) is 17.7 Å². The minimum atomic E-state index is -4.71. The van der Waals surface area contributed by atoms with Crippen LogP contribution in [0.2, 0.25) is 0 Å². The Bertz CT molecular complexity index is 692. The molecule has 0 saturated heterocycles. The van der Waals surface area contributed by atoms with Crippen LogP contribution in [0.15, 0.2) is 24.3 Å². The van der Waals surface area contributed by atoms with Crippen molar-refractivity contribution in [2.24, 2.45) is 0 Å². The lowest BCUT2D eigenvalue weighted by atomic mass is 10.1. The summed E-state index contributed by atoms with van der Waals surface area (Å²) in [6, 6.07) is 5.15. The molecule has 1 amide bonds. The van der Waals surface area contributed by atoms with Gasteiger partial charge in [0.1, 0.15) is 5.25 Å². The van der Waals surface area contributed by atoms with Gasteiger partial charge < -0.3 is 5.32 Å². The van der Waals surface area contributed by atoms with Crippen LogP contribution >= 0.6 is 0 Å². The Kier molecular flexibility index (Phi) is 4.86. The quantitative estimate of drug-likeness (QED) is 0.669. The van der Waals surface area contributed by atoms with Gasteiger partial charge in [0.25, 0.3) is 20.2 Å². The average molecular weight is 323 g/mol. The number of carbonyl (C=O) groups is 1. The van der Waals surface area contributed by atoms with E-state index in [2.05, 4.69) is 5.32 Å². The summed E-state index contributed by atoms with van der Waals surface area (Å²) in [7, 11) is -9.31. The maximum Gasteiger partial charge on any atom is 0.273 e. The third-order valence-electron chi connectivity index (χ3n) is 2.32. The van der Waals surface area contributed by atoms with Crippen LogP contribution in [-0.4, -0.2) is 37.6 Å². The molecule has 112 valence electrons. The molecular formula is C10H13NO7S2. The van der Waals surface area contributed by atoms with Crippen molar-refractivity contribution in [2.45, 2.75) is 12.2 Å². The summed E-state index contributed by atoms with van der Waals surface area (Å²) >= 11 is 0. The first kappa shape index (κ1) is 16.6. The third-order valence-corrected chi connectivity index (χ3v) is 4.45. The Balaban J connectivity index is 3.13. The Morgan fingerprint density at radius 3 is 2.00 bits per heavy atom. The normalized spacial score (nSPS) is 13.8. The molecule has 3 N–H and O–H groups in total. The molecule has 1 aromatic rings. The SMILES string of the molecule is CC(=O)Nc1ccc(C(CS(=O)(=O)O)S(=O)(=O)O)cc1. The molecule has 1 atom stereocenters. The largest absolute Gasteiger partial charge is 0.326 e. The third kappa shape index (κ3) is 5.25. The van der Waals surface area contributed by atoms with Crippen molar-refractivity contribution in [1.82, 2.24) is 0 Å². The fourth-order valence-electron chi connectivity index (χ4n) is 1.53. The van der Waals surface area contributed by atoms with E-state index in [1.165, 1.54) is 31.2 Å². The van der Waals surface area contributed by atoms with Crippen LogP contribution in [0.3, 0.4) is 0 Å². The van der Waals surface area contributed by atoms with Gasteiger partial charge in [-0.15, -0.1) is 0 Å². The standard InChI is InChI=1S/C10H13NO7S2/c1-7(12)11-9-4-2-8(3-5-9)10(20(16,17)18)6-19(13,14)15/h2-5,10H,6H2,1H3,(H,11,12)(H,13,14,15)(H,16,17,18). The van der Waals surface area contributed by atoms with E-state index < -0.39 is 31.2 Å². The zero-order valence-corrected chi connectivity index (χ0v) is 12.0. The Labute approximate surface area is 116 Å². The minimum absolute atomic E-state index is 0.0285. The molecule has 0 aliphatic heterocycles. The second-order valence-corrected chi connectivity index (χ2v) is 7.15. The molecule has 1 aromatic carbocycles. The number of hydrogen-bond acceptors (Lipinski definition) is 5. The van der Waals surface area contributed by atoms with Crippen LogP contribution in [0.1, 0.15) is 17.7 Å². The number of carbonyl (C=O) groups excluding carboxylic acids is 1. The van der Waals surface area contributed by atoms with Crippen LogP contribution in [0.5, 0.6) is 0 Å². The highest BCUT2D eigenvalue weighted by molar-refractivity contribution is 7.89. The van der Waals surface area contributed by atoms with Crippen LogP contribution in [0.4, 0.5) is 5.69 Å². The van der Waals surface area contributed by atoms with E-state index in [1.54, 1.807) is 0 Å². The fraction of sp³-hybridized carbons (Fsp3) is 0.300. The Hall–Kier alpha value is -1.49. The second kappa shape index (κ2) is 5.87. The van der Waals surface area contributed by atoms with Crippen LogP contribution in [0, 0.1) is 0 Å². The highest BCUT2D eigenvalue weighted by Crippen LogP contribution is 2.24. The molecule has 0 radical (unpaired) electrons. The number of nitrogens with one attached hydrogen (secondary N) is 1. The van der Waals surface area contributed by atoms with Gasteiger partial charge in [0.15, 0.2) is 0 Å². The van der Waals surface area contributed by atoms with Gasteiger partial charge in [-0.1, -0.05) is 12.1 Å². The molecule has 0 aromatic heterocycles. The summed E-state index contributed by atoms with van der Waals surface area (Å²) in [4.78, 5) is 10.8. The summed E-state index contributed by atoms with van der Waals surface area (Å²) < 4.78 is 61.7. The van der Waals surface area contributed by atoms with Gasteiger partial charge in [-0.3, -0.25) is 13.9 Å². The van der Waals surface area contributed by atoms with Crippen molar-refractivity contribution < 1.29 is 30.7 Å².